The summed E-state index contributed by atoms with van der Waals surface area (Å²) in [6.07, 6.45) is 6.46. The molecule has 0 amide bonds. The van der Waals surface area contributed by atoms with Gasteiger partial charge in [0, 0.05) is 18.9 Å². The number of benzene rings is 1. The van der Waals surface area contributed by atoms with Crippen molar-refractivity contribution < 1.29 is 14.7 Å². The van der Waals surface area contributed by atoms with Gasteiger partial charge in [-0.2, -0.15) is 0 Å². The van der Waals surface area contributed by atoms with E-state index in [9.17, 15) is 10.1 Å². The highest BCUT2D eigenvalue weighted by atomic mass is 16.6. The van der Waals surface area contributed by atoms with E-state index < -0.39 is 0 Å². The van der Waals surface area contributed by atoms with Gasteiger partial charge in [0.25, 0.3) is 5.69 Å². The molecule has 1 atom stereocenters. The number of nitrogens with one attached hydrogen (secondary N) is 2. The summed E-state index contributed by atoms with van der Waals surface area (Å²) in [7, 11) is 4.47. The fraction of sp³-hybridized carbons (Fsp3) is 0.500. The molecule has 0 bridgehead atoms. The molecule has 0 radical (unpaired) electrons. The SMILES string of the molecule is C[NH+]1CCC([NH+](C)C/C=C/c2ccccc2[N+](=O)[O-])CC1. The molecule has 1 aromatic rings. The number of piperidine rings is 1. The highest BCUT2D eigenvalue weighted by Crippen LogP contribution is 2.18. The summed E-state index contributed by atoms with van der Waals surface area (Å²) in [6.45, 7) is 3.40. The largest absolute Gasteiger partial charge is 0.337 e. The minimum Gasteiger partial charge on any atom is -0.337 e. The highest BCUT2D eigenvalue weighted by molar-refractivity contribution is 5.60. The lowest BCUT2D eigenvalue weighted by Gasteiger charge is -2.30. The van der Waals surface area contributed by atoms with Crippen LogP contribution in [0.5, 0.6) is 0 Å². The molecule has 5 heteroatoms. The van der Waals surface area contributed by atoms with Gasteiger partial charge in [0.15, 0.2) is 0 Å². The van der Waals surface area contributed by atoms with Gasteiger partial charge in [0.2, 0.25) is 0 Å². The van der Waals surface area contributed by atoms with Crippen molar-refractivity contribution in [2.75, 3.05) is 33.7 Å². The molecule has 1 aromatic carbocycles. The van der Waals surface area contributed by atoms with Gasteiger partial charge in [-0.15, -0.1) is 0 Å². The van der Waals surface area contributed by atoms with Crippen LogP contribution in [0.15, 0.2) is 30.3 Å². The van der Waals surface area contributed by atoms with Crippen LogP contribution >= 0.6 is 0 Å². The molecule has 5 nitrogen and oxygen atoms in total. The summed E-state index contributed by atoms with van der Waals surface area (Å²) in [6, 6.07) is 7.60. The van der Waals surface area contributed by atoms with Crippen LogP contribution in [0, 0.1) is 10.1 Å². The molecular formula is C16H25N3O2+2. The zero-order valence-corrected chi connectivity index (χ0v) is 12.8. The van der Waals surface area contributed by atoms with E-state index in [0.29, 0.717) is 11.6 Å². The zero-order chi connectivity index (χ0) is 15.2. The smallest absolute Gasteiger partial charge is 0.276 e. The summed E-state index contributed by atoms with van der Waals surface area (Å²) < 4.78 is 0. The molecule has 1 aliphatic rings. The summed E-state index contributed by atoms with van der Waals surface area (Å²) in [5, 5.41) is 11.0. The van der Waals surface area contributed by atoms with E-state index in [1.807, 2.05) is 12.1 Å². The van der Waals surface area contributed by atoms with Gasteiger partial charge in [-0.3, -0.25) is 10.1 Å². The molecule has 2 N–H and O–H groups in total. The van der Waals surface area contributed by atoms with Crippen molar-refractivity contribution in [2.45, 2.75) is 18.9 Å². The van der Waals surface area contributed by atoms with E-state index in [4.69, 9.17) is 0 Å². The van der Waals surface area contributed by atoms with Gasteiger partial charge in [-0.25, -0.2) is 0 Å². The van der Waals surface area contributed by atoms with Crippen molar-refractivity contribution in [2.24, 2.45) is 0 Å². The van der Waals surface area contributed by atoms with Crippen molar-refractivity contribution >= 4 is 11.8 Å². The van der Waals surface area contributed by atoms with Gasteiger partial charge in [0.05, 0.1) is 50.3 Å². The molecule has 0 aromatic heterocycles. The highest BCUT2D eigenvalue weighted by Gasteiger charge is 2.25. The van der Waals surface area contributed by atoms with Crippen LogP contribution < -0.4 is 9.80 Å². The van der Waals surface area contributed by atoms with E-state index in [1.165, 1.54) is 30.8 Å². The fourth-order valence-electron chi connectivity index (χ4n) is 2.94. The number of nitro benzene ring substituents is 1. The quantitative estimate of drug-likeness (QED) is 0.583. The standard InChI is InChI=1S/C16H23N3O2/c1-17-12-9-15(10-13-17)18(2)11-5-7-14-6-3-4-8-16(14)19(20)21/h3-8,15H,9-13H2,1-2H3/p+2/b7-5+. The van der Waals surface area contributed by atoms with Crippen LogP contribution in [0.3, 0.4) is 0 Å². The summed E-state index contributed by atoms with van der Waals surface area (Å²) >= 11 is 0. The monoisotopic (exact) mass is 291 g/mol. The minimum atomic E-state index is -0.323. The first-order chi connectivity index (χ1) is 10.1. The van der Waals surface area contributed by atoms with Crippen molar-refractivity contribution in [3.63, 3.8) is 0 Å². The molecule has 114 valence electrons. The maximum Gasteiger partial charge on any atom is 0.276 e. The number of likely N-dealkylation sites (N-methyl/N-ethyl adjacent to an activating group) is 1. The average Bonchev–Trinajstić information content (AvgIpc) is 2.48. The second-order valence-electron chi connectivity index (χ2n) is 6.00. The lowest BCUT2D eigenvalue weighted by Crippen LogP contribution is -3.18. The third kappa shape index (κ3) is 4.37. The van der Waals surface area contributed by atoms with Crippen molar-refractivity contribution in [1.82, 2.24) is 0 Å². The predicted octanol–water partition coefficient (Wildman–Crippen LogP) is -0.200. The Morgan fingerprint density at radius 3 is 2.71 bits per heavy atom. The molecule has 0 aliphatic carbocycles. The maximum atomic E-state index is 11.0. The lowest BCUT2D eigenvalue weighted by molar-refractivity contribution is -0.936. The Balaban J connectivity index is 1.92. The van der Waals surface area contributed by atoms with E-state index in [2.05, 4.69) is 20.2 Å². The topological polar surface area (TPSA) is 52.0 Å². The van der Waals surface area contributed by atoms with Gasteiger partial charge in [-0.1, -0.05) is 12.1 Å². The number of nitrogens with zero attached hydrogens (tertiary/aromatic N) is 1. The third-order valence-electron chi connectivity index (χ3n) is 4.41. The second kappa shape index (κ2) is 7.33. The predicted molar refractivity (Wildman–Crippen MR) is 83.5 cm³/mol. The van der Waals surface area contributed by atoms with Crippen molar-refractivity contribution in [3.05, 3.63) is 46.0 Å². The van der Waals surface area contributed by atoms with E-state index >= 15 is 0 Å². The van der Waals surface area contributed by atoms with E-state index in [1.54, 1.807) is 23.1 Å². The maximum absolute atomic E-state index is 11.0. The molecule has 1 aliphatic heterocycles. The van der Waals surface area contributed by atoms with Crippen molar-refractivity contribution in [3.8, 4) is 0 Å². The van der Waals surface area contributed by atoms with Crippen LogP contribution in [-0.2, 0) is 0 Å². The van der Waals surface area contributed by atoms with Crippen LogP contribution in [0.2, 0.25) is 0 Å². The minimum absolute atomic E-state index is 0.175. The molecule has 0 saturated carbocycles. The Morgan fingerprint density at radius 2 is 2.05 bits per heavy atom. The molecule has 2 rings (SSSR count). The number of rotatable bonds is 5. The Bertz CT molecular complexity index is 508. The number of para-hydroxylation sites is 1. The first-order valence-electron chi connectivity index (χ1n) is 7.61. The van der Waals surface area contributed by atoms with E-state index in [-0.39, 0.29) is 10.6 Å². The first kappa shape index (κ1) is 15.7. The Morgan fingerprint density at radius 1 is 1.38 bits per heavy atom. The summed E-state index contributed by atoms with van der Waals surface area (Å²) in [4.78, 5) is 13.8. The first-order valence-corrected chi connectivity index (χ1v) is 7.61. The van der Waals surface area contributed by atoms with Gasteiger partial charge >= 0.3 is 0 Å². The molecule has 21 heavy (non-hydrogen) atoms. The summed E-state index contributed by atoms with van der Waals surface area (Å²) in [5.41, 5.74) is 0.859. The Labute approximate surface area is 126 Å². The molecule has 0 spiro atoms. The van der Waals surface area contributed by atoms with Crippen molar-refractivity contribution in [1.29, 1.82) is 0 Å². The number of hydrogen-bond donors (Lipinski definition) is 2. The third-order valence-corrected chi connectivity index (χ3v) is 4.41. The number of nitro groups is 1. The normalized spacial score (nSPS) is 24.1. The zero-order valence-electron chi connectivity index (χ0n) is 12.8. The van der Waals surface area contributed by atoms with Gasteiger partial charge < -0.3 is 9.80 Å². The van der Waals surface area contributed by atoms with Gasteiger partial charge in [-0.05, 0) is 18.2 Å². The average molecular weight is 291 g/mol. The summed E-state index contributed by atoms with van der Waals surface area (Å²) in [5.74, 6) is 0. The Kier molecular flexibility index (Phi) is 5.47. The second-order valence-corrected chi connectivity index (χ2v) is 6.00. The molecular weight excluding hydrogens is 266 g/mol. The van der Waals surface area contributed by atoms with Gasteiger partial charge in [0.1, 0.15) is 0 Å². The molecule has 1 heterocycles. The van der Waals surface area contributed by atoms with Crippen LogP contribution in [0.4, 0.5) is 5.69 Å². The number of hydrogen-bond acceptors (Lipinski definition) is 2. The molecule has 1 fully saturated rings. The lowest BCUT2D eigenvalue weighted by atomic mass is 10.0. The number of quaternary nitrogens is 2. The van der Waals surface area contributed by atoms with Crippen LogP contribution in [0.1, 0.15) is 18.4 Å². The molecule has 1 saturated heterocycles. The van der Waals surface area contributed by atoms with Crippen LogP contribution in [0.25, 0.3) is 6.08 Å². The van der Waals surface area contributed by atoms with E-state index in [0.717, 1.165) is 6.54 Å². The fourth-order valence-corrected chi connectivity index (χ4v) is 2.94. The molecule has 1 unspecified atom stereocenters. The van der Waals surface area contributed by atoms with Crippen LogP contribution in [-0.4, -0.2) is 44.7 Å². The number of likely N-dealkylation sites (tertiary alicyclic amines) is 1. The Hall–Kier alpha value is -1.72.